The maximum atomic E-state index is 13.6. The molecule has 0 aromatic carbocycles. The first kappa shape index (κ1) is 55.0. The molecular weight excluding hydrogens is 743 g/mol. The first-order valence-electron chi connectivity index (χ1n) is 22.6. The highest BCUT2D eigenvalue weighted by molar-refractivity contribution is 6.17. The summed E-state index contributed by atoms with van der Waals surface area (Å²) < 4.78 is 0. The standard InChI is InChI=1S/C41H75N3O6.C4H6O4/c1-3-5-7-9-11-13-15-17-19-21-23-25-27-29-37(46)41(50,40(49,33-45)39(48)36(42)31-35-32-43-34-44-35)38(47)30-28-26-24-22-20-18-16-14-12-10-8-6-4-2;5-3(6)1-2-4(7)8/h32,34,36,45,49-50H,3-31,33,42H2,1-2H3,(H,43,44);1-2H2,(H,5,6)(H,7,8)/t36-,40?;/m0./s1. The highest BCUT2D eigenvalue weighted by Gasteiger charge is 2.63. The molecule has 0 fully saturated rings. The van der Waals surface area contributed by atoms with E-state index in [1.54, 1.807) is 0 Å². The largest absolute Gasteiger partial charge is 0.481 e. The van der Waals surface area contributed by atoms with Gasteiger partial charge in [-0.15, -0.1) is 0 Å². The van der Waals surface area contributed by atoms with E-state index in [-0.39, 0.29) is 32.1 Å². The molecule has 1 heterocycles. The maximum absolute atomic E-state index is 13.6. The predicted molar refractivity (Wildman–Crippen MR) is 227 cm³/mol. The highest BCUT2D eigenvalue weighted by Crippen LogP contribution is 2.32. The Balaban J connectivity index is 0.00000364. The lowest BCUT2D eigenvalue weighted by Gasteiger charge is -2.40. The van der Waals surface area contributed by atoms with E-state index in [2.05, 4.69) is 23.8 Å². The average molecular weight is 824 g/mol. The maximum Gasteiger partial charge on any atom is 0.303 e. The van der Waals surface area contributed by atoms with Crippen molar-refractivity contribution in [1.29, 1.82) is 0 Å². The summed E-state index contributed by atoms with van der Waals surface area (Å²) in [5.74, 6) is -5.17. The van der Waals surface area contributed by atoms with Crippen LogP contribution in [0, 0.1) is 0 Å². The summed E-state index contributed by atoms with van der Waals surface area (Å²) in [6.45, 7) is 3.16. The number of nitrogens with two attached hydrogens (primary N) is 1. The quantitative estimate of drug-likeness (QED) is 0.0245. The van der Waals surface area contributed by atoms with Crippen LogP contribution in [0.1, 0.15) is 212 Å². The van der Waals surface area contributed by atoms with Crippen molar-refractivity contribution >= 4 is 29.3 Å². The first-order valence-corrected chi connectivity index (χ1v) is 22.6. The lowest BCUT2D eigenvalue weighted by molar-refractivity contribution is -0.194. The summed E-state index contributed by atoms with van der Waals surface area (Å²) in [5.41, 5.74) is 0.422. The average Bonchev–Trinajstić information content (AvgIpc) is 3.72. The normalized spacial score (nSPS) is 13.0. The fourth-order valence-corrected chi connectivity index (χ4v) is 7.20. The molecule has 1 aromatic heterocycles. The molecule has 2 atom stereocenters. The number of unbranched alkanes of at least 4 members (excludes halogenated alkanes) is 24. The van der Waals surface area contributed by atoms with Gasteiger partial charge in [-0.05, 0) is 12.8 Å². The Labute approximate surface area is 348 Å². The smallest absolute Gasteiger partial charge is 0.303 e. The molecule has 0 amide bonds. The summed E-state index contributed by atoms with van der Waals surface area (Å²) in [7, 11) is 0. The minimum atomic E-state index is -3.07. The molecule has 1 unspecified atom stereocenters. The number of imidazole rings is 1. The van der Waals surface area contributed by atoms with Crippen molar-refractivity contribution in [3.8, 4) is 0 Å². The third-order valence-corrected chi connectivity index (χ3v) is 10.9. The van der Waals surface area contributed by atoms with Crippen molar-refractivity contribution in [3.63, 3.8) is 0 Å². The topological polar surface area (TPSA) is 241 Å². The molecule has 58 heavy (non-hydrogen) atoms. The monoisotopic (exact) mass is 824 g/mol. The van der Waals surface area contributed by atoms with Gasteiger partial charge in [0, 0.05) is 25.5 Å². The van der Waals surface area contributed by atoms with E-state index in [9.17, 15) is 39.3 Å². The number of hydrogen-bond donors (Lipinski definition) is 7. The Bertz CT molecular complexity index is 1170. The number of carboxylic acids is 2. The zero-order valence-corrected chi connectivity index (χ0v) is 36.2. The number of carbonyl (C=O) groups excluding carboxylic acids is 3. The van der Waals surface area contributed by atoms with Crippen LogP contribution in [0.2, 0.25) is 0 Å². The molecule has 0 bridgehead atoms. The van der Waals surface area contributed by atoms with Gasteiger partial charge in [-0.2, -0.15) is 0 Å². The van der Waals surface area contributed by atoms with E-state index in [1.165, 1.54) is 115 Å². The number of ketones is 3. The number of aliphatic hydroxyl groups excluding tert-OH is 1. The Hall–Kier alpha value is -3.00. The SMILES string of the molecule is CCCCCCCCCCCCCCCC(=O)C(O)(C(=O)CCCCCCCCCCCCCCC)C(O)(CO)C(=O)[C@@H](N)Cc1c[nH]cn1.O=C(O)CCC(=O)O. The number of hydrogen-bond acceptors (Lipinski definition) is 10. The molecule has 1 rings (SSSR count). The van der Waals surface area contributed by atoms with E-state index < -0.39 is 53.1 Å². The van der Waals surface area contributed by atoms with Gasteiger partial charge in [0.05, 0.1) is 37.5 Å². The van der Waals surface area contributed by atoms with Crippen LogP contribution >= 0.6 is 0 Å². The number of Topliss-reactive ketones (excluding diaryl/α,β-unsaturated/α-hetero) is 3. The van der Waals surface area contributed by atoms with Crippen LogP contribution in [-0.4, -0.2) is 88.6 Å². The summed E-state index contributed by atoms with van der Waals surface area (Å²) in [4.78, 5) is 66.9. The Kier molecular flexibility index (Phi) is 33.0. The van der Waals surface area contributed by atoms with Crippen molar-refractivity contribution in [3.05, 3.63) is 18.2 Å². The molecule has 0 saturated heterocycles. The van der Waals surface area contributed by atoms with E-state index in [1.807, 2.05) is 0 Å². The number of nitrogens with one attached hydrogen (secondary N) is 1. The molecule has 336 valence electrons. The van der Waals surface area contributed by atoms with Crippen LogP contribution in [0.5, 0.6) is 0 Å². The Morgan fingerprint density at radius 3 is 1.19 bits per heavy atom. The Morgan fingerprint density at radius 1 is 0.586 bits per heavy atom. The number of nitrogens with zero attached hydrogens (tertiary/aromatic N) is 1. The van der Waals surface area contributed by atoms with Crippen molar-refractivity contribution in [1.82, 2.24) is 9.97 Å². The molecule has 13 nitrogen and oxygen atoms in total. The minimum Gasteiger partial charge on any atom is -0.481 e. The van der Waals surface area contributed by atoms with Gasteiger partial charge in [0.1, 0.15) is 0 Å². The number of H-pyrrole nitrogens is 1. The van der Waals surface area contributed by atoms with Crippen molar-refractivity contribution in [2.24, 2.45) is 5.73 Å². The molecule has 0 radical (unpaired) electrons. The molecule has 0 spiro atoms. The summed E-state index contributed by atoms with van der Waals surface area (Å²) in [6.07, 6.45) is 31.0. The second-order valence-corrected chi connectivity index (χ2v) is 16.1. The fraction of sp³-hybridized carbons (Fsp3) is 0.822. The van der Waals surface area contributed by atoms with Crippen molar-refractivity contribution < 1.29 is 49.5 Å². The third-order valence-electron chi connectivity index (χ3n) is 10.9. The summed E-state index contributed by atoms with van der Waals surface area (Å²) >= 11 is 0. The van der Waals surface area contributed by atoms with Gasteiger partial charge in [-0.25, -0.2) is 4.98 Å². The number of carbonyl (C=O) groups is 5. The van der Waals surface area contributed by atoms with Crippen LogP contribution in [-0.2, 0) is 30.4 Å². The van der Waals surface area contributed by atoms with Crippen LogP contribution in [0.15, 0.2) is 12.5 Å². The molecule has 1 aromatic rings. The summed E-state index contributed by atoms with van der Waals surface area (Å²) in [5, 5.41) is 49.5. The van der Waals surface area contributed by atoms with Gasteiger partial charge in [0.2, 0.25) is 5.60 Å². The van der Waals surface area contributed by atoms with Crippen molar-refractivity contribution in [2.45, 2.75) is 230 Å². The van der Waals surface area contributed by atoms with Gasteiger partial charge in [-0.3, -0.25) is 24.0 Å². The molecule has 0 aliphatic rings. The van der Waals surface area contributed by atoms with Gasteiger partial charge in [-0.1, -0.05) is 168 Å². The van der Waals surface area contributed by atoms with Crippen molar-refractivity contribution in [2.75, 3.05) is 6.61 Å². The predicted octanol–water partition coefficient (Wildman–Crippen LogP) is 8.34. The van der Waals surface area contributed by atoms with E-state index >= 15 is 0 Å². The number of aromatic nitrogens is 2. The third kappa shape index (κ3) is 24.2. The number of aliphatic carboxylic acids is 2. The lowest BCUT2D eigenvalue weighted by Crippen LogP contribution is -2.72. The molecule has 0 aliphatic heterocycles. The van der Waals surface area contributed by atoms with Crippen LogP contribution in [0.3, 0.4) is 0 Å². The molecule has 0 aliphatic carbocycles. The summed E-state index contributed by atoms with van der Waals surface area (Å²) in [6, 6.07) is -1.39. The van der Waals surface area contributed by atoms with E-state index in [0.717, 1.165) is 51.4 Å². The first-order chi connectivity index (χ1) is 27.8. The molecule has 8 N–H and O–H groups in total. The Morgan fingerprint density at radius 2 is 0.914 bits per heavy atom. The second kappa shape index (κ2) is 34.8. The second-order valence-electron chi connectivity index (χ2n) is 16.1. The minimum absolute atomic E-state index is 0.0964. The number of rotatable bonds is 39. The van der Waals surface area contributed by atoms with E-state index in [0.29, 0.717) is 18.5 Å². The van der Waals surface area contributed by atoms with Crippen LogP contribution < -0.4 is 5.73 Å². The van der Waals surface area contributed by atoms with E-state index in [4.69, 9.17) is 15.9 Å². The van der Waals surface area contributed by atoms with Gasteiger partial charge in [0.15, 0.2) is 23.0 Å². The zero-order valence-electron chi connectivity index (χ0n) is 36.2. The highest BCUT2D eigenvalue weighted by atomic mass is 16.4. The molecule has 0 saturated carbocycles. The fourth-order valence-electron chi connectivity index (χ4n) is 7.20. The van der Waals surface area contributed by atoms with Crippen LogP contribution in [0.25, 0.3) is 0 Å². The lowest BCUT2D eigenvalue weighted by atomic mass is 9.70. The van der Waals surface area contributed by atoms with Gasteiger partial charge in [0.25, 0.3) is 0 Å². The van der Waals surface area contributed by atoms with Gasteiger partial charge < -0.3 is 36.3 Å². The molecule has 13 heteroatoms. The zero-order chi connectivity index (χ0) is 43.5. The number of aliphatic hydroxyl groups is 3. The van der Waals surface area contributed by atoms with Crippen LogP contribution in [0.4, 0.5) is 0 Å². The number of carboxylic acid groups (broad SMARTS) is 2. The molecular formula is C45H81N3O10. The number of aromatic amines is 1. The van der Waals surface area contributed by atoms with Gasteiger partial charge >= 0.3 is 11.9 Å².